The fraction of sp³-hybridized carbons (Fsp3) is 0.393. The summed E-state index contributed by atoms with van der Waals surface area (Å²) in [5, 5.41) is 3.44. The molecule has 3 aromatic rings. The van der Waals surface area contributed by atoms with Gasteiger partial charge in [0.25, 0.3) is 5.56 Å². The molecule has 0 unspecified atom stereocenters. The Morgan fingerprint density at radius 3 is 2.43 bits per heavy atom. The Morgan fingerprint density at radius 1 is 1.12 bits per heavy atom. The number of alkyl carbamates (subject to hydrolysis) is 1. The largest absolute Gasteiger partial charge is 0.444 e. The Balaban J connectivity index is 1.47. The topological polar surface area (TPSA) is 136 Å². The summed E-state index contributed by atoms with van der Waals surface area (Å²) < 4.78 is 6.84. The molecule has 224 valence electrons. The minimum Gasteiger partial charge on any atom is -0.444 e. The summed E-state index contributed by atoms with van der Waals surface area (Å²) in [4.78, 5) is 52.4. The van der Waals surface area contributed by atoms with Crippen LogP contribution in [0.3, 0.4) is 0 Å². The third kappa shape index (κ3) is 7.67. The second-order valence-electron chi connectivity index (χ2n) is 10.7. The molecule has 1 fully saturated rings. The number of piperazine rings is 1. The molecule has 14 heteroatoms. The third-order valence-electron chi connectivity index (χ3n) is 6.43. The van der Waals surface area contributed by atoms with Gasteiger partial charge in [0.1, 0.15) is 22.4 Å². The number of nitrogens with one attached hydrogen (secondary N) is 1. The van der Waals surface area contributed by atoms with Crippen LogP contribution in [-0.2, 0) is 23.0 Å². The normalized spacial score (nSPS) is 14.4. The van der Waals surface area contributed by atoms with Gasteiger partial charge in [0, 0.05) is 56.9 Å². The van der Waals surface area contributed by atoms with Crippen molar-refractivity contribution in [3.05, 3.63) is 68.7 Å². The van der Waals surface area contributed by atoms with Crippen molar-refractivity contribution in [1.29, 1.82) is 0 Å². The number of pyridine rings is 1. The smallest absolute Gasteiger partial charge is 0.408 e. The van der Waals surface area contributed by atoms with Gasteiger partial charge in [0.15, 0.2) is 0 Å². The molecule has 3 N–H and O–H groups in total. The standard InChI is InChI=1S/C28H33Cl2N7O4S/c1-28(2,3)41-27(40)33-19(16-17-8-10-32-11-9-17)24(38)36-12-14-37(15-13-36)26-34-23(31)22(25(39)35(26)4)42-20-7-5-6-18(29)21(20)30/h5-11,19H,12-16,31H2,1-4H3,(H,33,40)/t19-/m1/s1. The van der Waals surface area contributed by atoms with Crippen molar-refractivity contribution in [2.24, 2.45) is 7.05 Å². The van der Waals surface area contributed by atoms with Gasteiger partial charge in [-0.1, -0.05) is 41.0 Å². The Bertz CT molecular complexity index is 1510. The quantitative estimate of drug-likeness (QED) is 0.395. The van der Waals surface area contributed by atoms with Crippen molar-refractivity contribution in [1.82, 2.24) is 24.8 Å². The van der Waals surface area contributed by atoms with Gasteiger partial charge in [-0.05, 0) is 50.6 Å². The number of carbonyl (C=O) groups is 2. The van der Waals surface area contributed by atoms with E-state index in [9.17, 15) is 14.4 Å². The van der Waals surface area contributed by atoms with Crippen molar-refractivity contribution < 1.29 is 14.3 Å². The van der Waals surface area contributed by atoms with E-state index in [0.717, 1.165) is 17.3 Å². The lowest BCUT2D eigenvalue weighted by Gasteiger charge is -2.37. The predicted molar refractivity (Wildman–Crippen MR) is 164 cm³/mol. The fourth-order valence-electron chi connectivity index (χ4n) is 4.39. The van der Waals surface area contributed by atoms with Gasteiger partial charge in [-0.25, -0.2) is 4.79 Å². The average molecular weight is 635 g/mol. The highest BCUT2D eigenvalue weighted by molar-refractivity contribution is 7.99. The molecular formula is C28H33Cl2N7O4S. The van der Waals surface area contributed by atoms with Gasteiger partial charge < -0.3 is 25.6 Å². The maximum Gasteiger partial charge on any atom is 0.408 e. The van der Waals surface area contributed by atoms with E-state index in [-0.39, 0.29) is 28.6 Å². The zero-order chi connectivity index (χ0) is 30.6. The summed E-state index contributed by atoms with van der Waals surface area (Å²) in [5.41, 5.74) is 6.06. The Morgan fingerprint density at radius 2 is 1.79 bits per heavy atom. The average Bonchev–Trinajstić information content (AvgIpc) is 2.94. The van der Waals surface area contributed by atoms with Crippen LogP contribution in [0.5, 0.6) is 0 Å². The second kappa shape index (κ2) is 13.2. The molecule has 1 atom stereocenters. The first kappa shape index (κ1) is 31.5. The van der Waals surface area contributed by atoms with Crippen LogP contribution in [0.1, 0.15) is 26.3 Å². The molecule has 4 rings (SSSR count). The molecule has 2 amide bonds. The van der Waals surface area contributed by atoms with E-state index < -0.39 is 17.7 Å². The lowest BCUT2D eigenvalue weighted by atomic mass is 10.1. The van der Waals surface area contributed by atoms with Gasteiger partial charge in [0.05, 0.1) is 10.0 Å². The maximum atomic E-state index is 13.6. The van der Waals surface area contributed by atoms with Crippen molar-refractivity contribution in [3.63, 3.8) is 0 Å². The zero-order valence-corrected chi connectivity index (χ0v) is 26.1. The summed E-state index contributed by atoms with van der Waals surface area (Å²) >= 11 is 13.5. The van der Waals surface area contributed by atoms with E-state index in [0.29, 0.717) is 47.1 Å². The molecule has 0 radical (unpaired) electrons. The van der Waals surface area contributed by atoms with Crippen molar-refractivity contribution in [3.8, 4) is 0 Å². The highest BCUT2D eigenvalue weighted by Gasteiger charge is 2.31. The Kier molecular flexibility index (Phi) is 9.90. The van der Waals surface area contributed by atoms with E-state index in [4.69, 9.17) is 33.7 Å². The zero-order valence-electron chi connectivity index (χ0n) is 23.8. The minimum absolute atomic E-state index is 0.0756. The number of amides is 2. The van der Waals surface area contributed by atoms with Crippen LogP contribution in [0, 0.1) is 0 Å². The van der Waals surface area contributed by atoms with Crippen LogP contribution in [0.2, 0.25) is 10.0 Å². The summed E-state index contributed by atoms with van der Waals surface area (Å²) in [7, 11) is 1.63. The number of nitrogen functional groups attached to an aromatic ring is 1. The third-order valence-corrected chi connectivity index (χ3v) is 8.51. The number of carbonyl (C=O) groups excluding carboxylic acids is 2. The maximum absolute atomic E-state index is 13.6. The van der Waals surface area contributed by atoms with E-state index in [1.807, 2.05) is 4.90 Å². The number of nitrogens with zero attached hydrogens (tertiary/aromatic N) is 5. The lowest BCUT2D eigenvalue weighted by molar-refractivity contribution is -0.133. The first-order chi connectivity index (χ1) is 19.8. The number of nitrogens with two attached hydrogens (primary N) is 1. The van der Waals surface area contributed by atoms with Crippen molar-refractivity contribution >= 4 is 58.7 Å². The van der Waals surface area contributed by atoms with E-state index in [1.165, 1.54) is 4.57 Å². The fourth-order valence-corrected chi connectivity index (χ4v) is 5.80. The molecule has 0 saturated carbocycles. The first-order valence-corrected chi connectivity index (χ1v) is 14.8. The molecule has 0 spiro atoms. The minimum atomic E-state index is -0.832. The van der Waals surface area contributed by atoms with E-state index in [1.54, 1.807) is 75.4 Å². The monoisotopic (exact) mass is 633 g/mol. The van der Waals surface area contributed by atoms with Crippen LogP contribution >= 0.6 is 35.0 Å². The predicted octanol–water partition coefficient (Wildman–Crippen LogP) is 4.00. The Hall–Kier alpha value is -3.48. The molecule has 1 aliphatic rings. The summed E-state index contributed by atoms with van der Waals surface area (Å²) in [5.74, 6) is 0.238. The number of aromatic nitrogens is 3. The molecule has 3 heterocycles. The first-order valence-electron chi connectivity index (χ1n) is 13.2. The molecule has 1 aliphatic heterocycles. The number of ether oxygens (including phenoxy) is 1. The molecule has 0 aliphatic carbocycles. The molecule has 11 nitrogen and oxygen atoms in total. The number of halogens is 2. The Labute approximate surface area is 258 Å². The van der Waals surface area contributed by atoms with Crippen LogP contribution in [0.15, 0.2) is 57.3 Å². The number of hydrogen-bond acceptors (Lipinski definition) is 9. The summed E-state index contributed by atoms with van der Waals surface area (Å²) in [6.45, 7) is 6.81. The highest BCUT2D eigenvalue weighted by atomic mass is 35.5. The molecule has 42 heavy (non-hydrogen) atoms. The summed E-state index contributed by atoms with van der Waals surface area (Å²) in [6.07, 6.45) is 2.89. The van der Waals surface area contributed by atoms with Gasteiger partial charge in [0.2, 0.25) is 11.9 Å². The molecule has 1 saturated heterocycles. The molecule has 2 aromatic heterocycles. The number of benzene rings is 1. The molecule has 1 aromatic carbocycles. The SMILES string of the molecule is Cn1c(N2CCN(C(=O)[C@@H](Cc3ccncc3)NC(=O)OC(C)(C)C)CC2)nc(N)c(Sc2cccc(Cl)c2Cl)c1=O. The second-order valence-corrected chi connectivity index (χ2v) is 12.6. The van der Waals surface area contributed by atoms with Crippen molar-refractivity contribution in [2.45, 2.75) is 48.6 Å². The van der Waals surface area contributed by atoms with Gasteiger partial charge in [-0.15, -0.1) is 0 Å². The number of hydrogen-bond donors (Lipinski definition) is 2. The van der Waals surface area contributed by atoms with Gasteiger partial charge in [-0.2, -0.15) is 4.98 Å². The lowest BCUT2D eigenvalue weighted by Crippen LogP contribution is -2.56. The van der Waals surface area contributed by atoms with Crippen molar-refractivity contribution in [2.75, 3.05) is 36.8 Å². The van der Waals surface area contributed by atoms with Crippen LogP contribution in [0.25, 0.3) is 0 Å². The van der Waals surface area contributed by atoms with Crippen LogP contribution in [-0.4, -0.2) is 69.3 Å². The number of rotatable bonds is 7. The highest BCUT2D eigenvalue weighted by Crippen LogP contribution is 2.37. The van der Waals surface area contributed by atoms with Crippen LogP contribution in [0.4, 0.5) is 16.6 Å². The molecule has 0 bridgehead atoms. The van der Waals surface area contributed by atoms with Gasteiger partial charge >= 0.3 is 6.09 Å². The van der Waals surface area contributed by atoms with E-state index in [2.05, 4.69) is 15.3 Å². The molecular weight excluding hydrogens is 601 g/mol. The van der Waals surface area contributed by atoms with Crippen LogP contribution < -0.4 is 21.5 Å². The van der Waals surface area contributed by atoms with E-state index >= 15 is 0 Å². The number of anilines is 2. The van der Waals surface area contributed by atoms with Gasteiger partial charge in [-0.3, -0.25) is 19.1 Å². The summed E-state index contributed by atoms with van der Waals surface area (Å²) in [6, 6.07) is 7.92.